The number of Topliss-reactive ketones (excluding diaryl/α,β-unsaturated/α-hetero) is 1. The van der Waals surface area contributed by atoms with Crippen molar-refractivity contribution in [2.45, 2.75) is 26.7 Å². The fraction of sp³-hybridized carbons (Fsp3) is 0.583. The van der Waals surface area contributed by atoms with Crippen molar-refractivity contribution in [2.24, 2.45) is 5.92 Å². The van der Waals surface area contributed by atoms with Gasteiger partial charge in [-0.05, 0) is 26.3 Å². The molecule has 2 heterocycles. The van der Waals surface area contributed by atoms with E-state index in [1.54, 1.807) is 6.92 Å². The van der Waals surface area contributed by atoms with E-state index in [4.69, 9.17) is 0 Å². The van der Waals surface area contributed by atoms with Crippen LogP contribution in [0.5, 0.6) is 0 Å². The lowest BCUT2D eigenvalue weighted by Gasteiger charge is -2.21. The van der Waals surface area contributed by atoms with Crippen LogP contribution in [0.4, 0.5) is 5.13 Å². The maximum absolute atomic E-state index is 12.0. The number of thiazole rings is 1. The predicted octanol–water partition coefficient (Wildman–Crippen LogP) is 1.59. The second-order valence-electron chi connectivity index (χ2n) is 4.52. The molecule has 1 fully saturated rings. The molecule has 1 aromatic rings. The lowest BCUT2D eigenvalue weighted by molar-refractivity contribution is -0.120. The van der Waals surface area contributed by atoms with Crippen LogP contribution in [0.1, 0.15) is 35.1 Å². The zero-order valence-corrected chi connectivity index (χ0v) is 11.4. The topological polar surface area (TPSA) is 71.1 Å². The van der Waals surface area contributed by atoms with Crippen LogP contribution in [0.15, 0.2) is 0 Å². The van der Waals surface area contributed by atoms with Gasteiger partial charge in [-0.15, -0.1) is 0 Å². The van der Waals surface area contributed by atoms with E-state index in [1.165, 1.54) is 18.3 Å². The Morgan fingerprint density at radius 1 is 1.50 bits per heavy atom. The summed E-state index contributed by atoms with van der Waals surface area (Å²) < 4.78 is 0. The standard InChI is InChI=1S/C12H17N3O2S/c1-7-10(8(2)16)18-12(14-7)15-11(17)9-4-3-5-13-6-9/h9,13H,3-6H2,1-2H3,(H,14,15,17). The minimum Gasteiger partial charge on any atom is -0.316 e. The van der Waals surface area contributed by atoms with Gasteiger partial charge in [0, 0.05) is 13.5 Å². The van der Waals surface area contributed by atoms with Gasteiger partial charge < -0.3 is 10.6 Å². The van der Waals surface area contributed by atoms with Gasteiger partial charge in [0.25, 0.3) is 0 Å². The Balaban J connectivity index is 2.02. The van der Waals surface area contributed by atoms with E-state index < -0.39 is 0 Å². The first kappa shape index (κ1) is 13.2. The average molecular weight is 267 g/mol. The van der Waals surface area contributed by atoms with Crippen LogP contribution in [0.25, 0.3) is 0 Å². The van der Waals surface area contributed by atoms with Gasteiger partial charge in [-0.2, -0.15) is 0 Å². The number of nitrogens with one attached hydrogen (secondary N) is 2. The summed E-state index contributed by atoms with van der Waals surface area (Å²) in [5.74, 6) is -0.0142. The largest absolute Gasteiger partial charge is 0.316 e. The zero-order chi connectivity index (χ0) is 13.1. The number of carbonyl (C=O) groups is 2. The van der Waals surface area contributed by atoms with Gasteiger partial charge in [-0.25, -0.2) is 4.98 Å². The SMILES string of the molecule is CC(=O)c1sc(NC(=O)C2CCCNC2)nc1C. The lowest BCUT2D eigenvalue weighted by Crippen LogP contribution is -2.37. The maximum Gasteiger partial charge on any atom is 0.230 e. The number of hydrogen-bond acceptors (Lipinski definition) is 5. The Bertz CT molecular complexity index is 464. The van der Waals surface area contributed by atoms with Gasteiger partial charge in [0.2, 0.25) is 5.91 Å². The minimum absolute atomic E-state index is 0.00346. The molecular formula is C12H17N3O2S. The van der Waals surface area contributed by atoms with E-state index in [1.807, 2.05) is 0 Å². The van der Waals surface area contributed by atoms with Crippen molar-refractivity contribution in [1.29, 1.82) is 0 Å². The lowest BCUT2D eigenvalue weighted by atomic mass is 9.99. The van der Waals surface area contributed by atoms with Gasteiger partial charge >= 0.3 is 0 Å². The second-order valence-corrected chi connectivity index (χ2v) is 5.52. The number of aromatic nitrogens is 1. The Morgan fingerprint density at radius 2 is 2.28 bits per heavy atom. The fourth-order valence-corrected chi connectivity index (χ4v) is 2.92. The third-order valence-corrected chi connectivity index (χ3v) is 4.19. The molecule has 1 atom stereocenters. The predicted molar refractivity (Wildman–Crippen MR) is 71.1 cm³/mol. The minimum atomic E-state index is -0.00941. The van der Waals surface area contributed by atoms with Gasteiger partial charge in [0.05, 0.1) is 16.5 Å². The molecule has 1 amide bonds. The number of nitrogens with zero attached hydrogens (tertiary/aromatic N) is 1. The molecular weight excluding hydrogens is 250 g/mol. The van der Waals surface area contributed by atoms with Crippen LogP contribution in [0, 0.1) is 12.8 Å². The summed E-state index contributed by atoms with van der Waals surface area (Å²) in [4.78, 5) is 28.1. The fourth-order valence-electron chi connectivity index (χ4n) is 2.06. The molecule has 6 heteroatoms. The number of carbonyl (C=O) groups excluding carboxylic acids is 2. The molecule has 98 valence electrons. The number of anilines is 1. The Labute approximate surface area is 110 Å². The van der Waals surface area contributed by atoms with Gasteiger partial charge in [-0.1, -0.05) is 11.3 Å². The Kier molecular flexibility index (Phi) is 4.08. The molecule has 1 aliphatic rings. The molecule has 1 unspecified atom stereocenters. The third-order valence-electron chi connectivity index (χ3n) is 3.01. The van der Waals surface area contributed by atoms with E-state index in [0.29, 0.717) is 15.7 Å². The number of rotatable bonds is 3. The smallest absolute Gasteiger partial charge is 0.230 e. The van der Waals surface area contributed by atoms with Crippen LogP contribution >= 0.6 is 11.3 Å². The van der Waals surface area contributed by atoms with Crippen molar-refractivity contribution in [3.05, 3.63) is 10.6 Å². The van der Waals surface area contributed by atoms with Crippen LogP contribution in [0.3, 0.4) is 0 Å². The van der Waals surface area contributed by atoms with Crippen LogP contribution in [-0.4, -0.2) is 29.8 Å². The molecule has 0 saturated carbocycles. The molecule has 1 aromatic heterocycles. The number of piperidine rings is 1. The highest BCUT2D eigenvalue weighted by Crippen LogP contribution is 2.24. The molecule has 0 bridgehead atoms. The third kappa shape index (κ3) is 2.94. The van der Waals surface area contributed by atoms with Crippen LogP contribution < -0.4 is 10.6 Å². The molecule has 0 radical (unpaired) electrons. The summed E-state index contributed by atoms with van der Waals surface area (Å²) in [6, 6.07) is 0. The van der Waals surface area contributed by atoms with Crippen molar-refractivity contribution < 1.29 is 9.59 Å². The van der Waals surface area contributed by atoms with Crippen molar-refractivity contribution in [1.82, 2.24) is 10.3 Å². The molecule has 1 aliphatic heterocycles. The zero-order valence-electron chi connectivity index (χ0n) is 10.6. The van der Waals surface area contributed by atoms with Crippen LogP contribution in [0.2, 0.25) is 0 Å². The number of amides is 1. The Hall–Kier alpha value is -1.27. The highest BCUT2D eigenvalue weighted by molar-refractivity contribution is 7.17. The Morgan fingerprint density at radius 3 is 2.83 bits per heavy atom. The first-order chi connectivity index (χ1) is 8.58. The monoisotopic (exact) mass is 267 g/mol. The first-order valence-corrected chi connectivity index (χ1v) is 6.89. The highest BCUT2D eigenvalue weighted by atomic mass is 32.1. The van der Waals surface area contributed by atoms with Gasteiger partial charge in [0.1, 0.15) is 0 Å². The average Bonchev–Trinajstić information content (AvgIpc) is 2.71. The molecule has 0 aromatic carbocycles. The molecule has 2 N–H and O–H groups in total. The van der Waals surface area contributed by atoms with Crippen LogP contribution in [-0.2, 0) is 4.79 Å². The number of aryl methyl sites for hydroxylation is 1. The number of ketones is 1. The highest BCUT2D eigenvalue weighted by Gasteiger charge is 2.22. The van der Waals surface area contributed by atoms with Crippen molar-refractivity contribution in [3.8, 4) is 0 Å². The van der Waals surface area contributed by atoms with Crippen molar-refractivity contribution in [2.75, 3.05) is 18.4 Å². The second kappa shape index (κ2) is 5.58. The summed E-state index contributed by atoms with van der Waals surface area (Å²) in [5.41, 5.74) is 0.685. The molecule has 18 heavy (non-hydrogen) atoms. The van der Waals surface area contributed by atoms with Crippen molar-refractivity contribution >= 4 is 28.2 Å². The summed E-state index contributed by atoms with van der Waals surface area (Å²) >= 11 is 1.25. The summed E-state index contributed by atoms with van der Waals surface area (Å²) in [7, 11) is 0. The normalized spacial score (nSPS) is 19.6. The van der Waals surface area contributed by atoms with E-state index in [2.05, 4.69) is 15.6 Å². The first-order valence-electron chi connectivity index (χ1n) is 6.08. The molecule has 5 nitrogen and oxygen atoms in total. The molecule has 2 rings (SSSR count). The summed E-state index contributed by atoms with van der Waals surface area (Å²) in [6.45, 7) is 4.99. The summed E-state index contributed by atoms with van der Waals surface area (Å²) in [5, 5.41) is 6.53. The molecule has 1 saturated heterocycles. The van der Waals surface area contributed by atoms with Gasteiger partial charge in [-0.3, -0.25) is 9.59 Å². The molecule has 0 aliphatic carbocycles. The van der Waals surface area contributed by atoms with E-state index in [9.17, 15) is 9.59 Å². The number of hydrogen-bond donors (Lipinski definition) is 2. The van der Waals surface area contributed by atoms with Crippen molar-refractivity contribution in [3.63, 3.8) is 0 Å². The molecule has 0 spiro atoms. The van der Waals surface area contributed by atoms with Gasteiger partial charge in [0.15, 0.2) is 10.9 Å². The quantitative estimate of drug-likeness (QED) is 0.816. The maximum atomic E-state index is 12.0. The van der Waals surface area contributed by atoms with E-state index in [0.717, 1.165) is 25.9 Å². The van der Waals surface area contributed by atoms with E-state index >= 15 is 0 Å². The summed E-state index contributed by atoms with van der Waals surface area (Å²) in [6.07, 6.45) is 1.93. The van der Waals surface area contributed by atoms with E-state index in [-0.39, 0.29) is 17.6 Å².